The highest BCUT2D eigenvalue weighted by Gasteiger charge is 2.41. The zero-order chi connectivity index (χ0) is 17.4. The van der Waals surface area contributed by atoms with Crippen LogP contribution in [0, 0.1) is 0 Å². The van der Waals surface area contributed by atoms with Crippen LogP contribution in [-0.4, -0.2) is 19.8 Å². The molecule has 1 aliphatic heterocycles. The molecule has 3 heterocycles. The summed E-state index contributed by atoms with van der Waals surface area (Å²) in [5.41, 5.74) is 3.01. The summed E-state index contributed by atoms with van der Waals surface area (Å²) < 4.78 is 2.10. The zero-order valence-corrected chi connectivity index (χ0v) is 14.5. The van der Waals surface area contributed by atoms with E-state index in [1.54, 1.807) is 18.3 Å². The number of rotatable bonds is 3. The number of pyridine rings is 1. The predicted octanol–water partition coefficient (Wildman–Crippen LogP) is 3.30. The first-order chi connectivity index (χ1) is 12.1. The molecule has 126 valence electrons. The minimum atomic E-state index is -0.0592. The number of hydrogen-bond donors (Lipinski definition) is 2. The molecule has 2 unspecified atom stereocenters. The van der Waals surface area contributed by atoms with Crippen molar-refractivity contribution in [3.63, 3.8) is 0 Å². The molecule has 0 spiro atoms. The van der Waals surface area contributed by atoms with E-state index in [-0.39, 0.29) is 17.8 Å². The van der Waals surface area contributed by atoms with Crippen LogP contribution in [-0.2, 0) is 7.05 Å². The molecule has 3 aromatic rings. The fourth-order valence-corrected chi connectivity index (χ4v) is 3.67. The summed E-state index contributed by atoms with van der Waals surface area (Å²) in [7, 11) is 2.03. The topological polar surface area (TPSA) is 53.3 Å². The van der Waals surface area contributed by atoms with Crippen LogP contribution >= 0.6 is 12.2 Å². The van der Waals surface area contributed by atoms with Crippen LogP contribution in [0.25, 0.3) is 0 Å². The van der Waals surface area contributed by atoms with Crippen LogP contribution in [0.5, 0.6) is 5.75 Å². The molecule has 0 radical (unpaired) electrons. The molecule has 0 bridgehead atoms. The second-order valence-corrected chi connectivity index (χ2v) is 6.44. The van der Waals surface area contributed by atoms with E-state index in [4.69, 9.17) is 12.2 Å². The largest absolute Gasteiger partial charge is 0.508 e. The molecule has 1 fully saturated rings. The molecule has 4 rings (SSSR count). The first-order valence-electron chi connectivity index (χ1n) is 8.06. The number of phenols is 1. The van der Waals surface area contributed by atoms with Crippen LogP contribution in [0.3, 0.4) is 0 Å². The molecule has 2 N–H and O–H groups in total. The van der Waals surface area contributed by atoms with Crippen molar-refractivity contribution in [1.29, 1.82) is 0 Å². The molecule has 5 nitrogen and oxygen atoms in total. The normalized spacial score (nSPS) is 19.9. The van der Waals surface area contributed by atoms with Gasteiger partial charge in [0, 0.05) is 30.8 Å². The molecular weight excluding hydrogens is 332 g/mol. The third-order valence-electron chi connectivity index (χ3n) is 4.51. The summed E-state index contributed by atoms with van der Waals surface area (Å²) in [4.78, 5) is 6.62. The lowest BCUT2D eigenvalue weighted by Gasteiger charge is -2.28. The molecule has 1 saturated heterocycles. The highest BCUT2D eigenvalue weighted by molar-refractivity contribution is 7.80. The molecule has 25 heavy (non-hydrogen) atoms. The SMILES string of the molecule is Cn1cccc1C1C(c2ccccn2)NC(=S)N1c1ccc(O)cc1. The van der Waals surface area contributed by atoms with Gasteiger partial charge >= 0.3 is 0 Å². The molecule has 2 aromatic heterocycles. The Bertz CT molecular complexity index is 891. The second kappa shape index (κ2) is 6.22. The van der Waals surface area contributed by atoms with Crippen molar-refractivity contribution in [3.8, 4) is 5.75 Å². The van der Waals surface area contributed by atoms with Gasteiger partial charge in [-0.3, -0.25) is 4.98 Å². The van der Waals surface area contributed by atoms with Crippen LogP contribution in [0.15, 0.2) is 67.0 Å². The Balaban J connectivity index is 1.83. The van der Waals surface area contributed by atoms with Crippen LogP contribution in [0.2, 0.25) is 0 Å². The van der Waals surface area contributed by atoms with Gasteiger partial charge in [0.2, 0.25) is 0 Å². The Morgan fingerprint density at radius 1 is 1.08 bits per heavy atom. The Morgan fingerprint density at radius 2 is 1.88 bits per heavy atom. The third kappa shape index (κ3) is 2.74. The highest BCUT2D eigenvalue weighted by atomic mass is 32.1. The lowest BCUT2D eigenvalue weighted by atomic mass is 10.0. The summed E-state index contributed by atoms with van der Waals surface area (Å²) in [5.74, 6) is 0.235. The van der Waals surface area contributed by atoms with Crippen molar-refractivity contribution in [1.82, 2.24) is 14.9 Å². The van der Waals surface area contributed by atoms with Crippen LogP contribution in [0.1, 0.15) is 23.5 Å². The summed E-state index contributed by atoms with van der Waals surface area (Å²) >= 11 is 5.64. The van der Waals surface area contributed by atoms with Gasteiger partial charge in [-0.25, -0.2) is 0 Å². The Morgan fingerprint density at radius 3 is 2.52 bits per heavy atom. The summed E-state index contributed by atoms with van der Waals surface area (Å²) in [6.07, 6.45) is 3.83. The molecule has 1 aromatic carbocycles. The monoisotopic (exact) mass is 350 g/mol. The number of aromatic nitrogens is 2. The quantitative estimate of drug-likeness (QED) is 0.710. The number of phenolic OH excluding ortho intramolecular Hbond substituents is 1. The maximum Gasteiger partial charge on any atom is 0.174 e. The van der Waals surface area contributed by atoms with E-state index in [1.807, 2.05) is 49.6 Å². The first-order valence-corrected chi connectivity index (χ1v) is 8.47. The van der Waals surface area contributed by atoms with E-state index in [0.717, 1.165) is 17.1 Å². The van der Waals surface area contributed by atoms with E-state index in [2.05, 4.69) is 25.8 Å². The van der Waals surface area contributed by atoms with E-state index in [0.29, 0.717) is 5.11 Å². The standard InChI is InChI=1S/C19H18N4OS/c1-22-12-4-6-16(22)18-17(15-5-2-3-11-20-15)21-19(25)23(18)13-7-9-14(24)10-8-13/h2-12,17-18,24H,1H3,(H,21,25). The predicted molar refractivity (Wildman–Crippen MR) is 101 cm³/mol. The van der Waals surface area contributed by atoms with Crippen LogP contribution < -0.4 is 10.2 Å². The van der Waals surface area contributed by atoms with Gasteiger partial charge in [0.25, 0.3) is 0 Å². The van der Waals surface area contributed by atoms with E-state index in [1.165, 1.54) is 0 Å². The minimum Gasteiger partial charge on any atom is -0.508 e. The molecule has 6 heteroatoms. The lowest BCUT2D eigenvalue weighted by molar-refractivity contribution is 0.475. The van der Waals surface area contributed by atoms with Crippen molar-refractivity contribution in [2.75, 3.05) is 4.90 Å². The summed E-state index contributed by atoms with van der Waals surface area (Å²) in [6.45, 7) is 0. The van der Waals surface area contributed by atoms with Gasteiger partial charge in [0.05, 0.1) is 11.7 Å². The number of nitrogens with one attached hydrogen (secondary N) is 1. The molecule has 0 aliphatic carbocycles. The average molecular weight is 350 g/mol. The third-order valence-corrected chi connectivity index (χ3v) is 4.83. The molecule has 1 aliphatic rings. The van der Waals surface area contributed by atoms with Crippen molar-refractivity contribution >= 4 is 23.0 Å². The minimum absolute atomic E-state index is 0.0352. The fourth-order valence-electron chi connectivity index (χ4n) is 3.33. The number of thiocarbonyl (C=S) groups is 1. The van der Waals surface area contributed by atoms with Gasteiger partial charge in [-0.15, -0.1) is 0 Å². The fraction of sp³-hybridized carbons (Fsp3) is 0.158. The van der Waals surface area contributed by atoms with E-state index < -0.39 is 0 Å². The molecular formula is C19H18N4OS. The Hall–Kier alpha value is -2.86. The number of hydrogen-bond acceptors (Lipinski definition) is 3. The van der Waals surface area contributed by atoms with Gasteiger partial charge in [0.15, 0.2) is 5.11 Å². The van der Waals surface area contributed by atoms with Crippen molar-refractivity contribution in [3.05, 3.63) is 78.4 Å². The number of benzene rings is 1. The van der Waals surface area contributed by atoms with Gasteiger partial charge in [-0.1, -0.05) is 6.07 Å². The summed E-state index contributed by atoms with van der Waals surface area (Å²) in [6, 6.07) is 17.0. The van der Waals surface area contributed by atoms with E-state index in [9.17, 15) is 5.11 Å². The smallest absolute Gasteiger partial charge is 0.174 e. The molecule has 0 saturated carbocycles. The van der Waals surface area contributed by atoms with Gasteiger partial charge in [0.1, 0.15) is 11.8 Å². The van der Waals surface area contributed by atoms with E-state index >= 15 is 0 Å². The van der Waals surface area contributed by atoms with Crippen molar-refractivity contribution < 1.29 is 5.11 Å². The number of anilines is 1. The average Bonchev–Trinajstić information content (AvgIpc) is 3.19. The number of aromatic hydroxyl groups is 1. The summed E-state index contributed by atoms with van der Waals surface area (Å²) in [5, 5.41) is 13.7. The second-order valence-electron chi connectivity index (χ2n) is 6.06. The van der Waals surface area contributed by atoms with Crippen molar-refractivity contribution in [2.45, 2.75) is 12.1 Å². The highest BCUT2D eigenvalue weighted by Crippen LogP contribution is 2.41. The maximum absolute atomic E-state index is 9.61. The number of aryl methyl sites for hydroxylation is 1. The van der Waals surface area contributed by atoms with Gasteiger partial charge in [-0.2, -0.15) is 0 Å². The van der Waals surface area contributed by atoms with Gasteiger partial charge < -0.3 is 19.9 Å². The van der Waals surface area contributed by atoms with Gasteiger partial charge in [-0.05, 0) is 60.7 Å². The Labute approximate surface area is 151 Å². The Kier molecular flexibility index (Phi) is 3.89. The zero-order valence-electron chi connectivity index (χ0n) is 13.7. The number of nitrogens with zero attached hydrogens (tertiary/aromatic N) is 3. The first kappa shape index (κ1) is 15.7. The van der Waals surface area contributed by atoms with Crippen LogP contribution in [0.4, 0.5) is 5.69 Å². The lowest BCUT2D eigenvalue weighted by Crippen LogP contribution is -2.30. The maximum atomic E-state index is 9.61. The molecule has 2 atom stereocenters. The van der Waals surface area contributed by atoms with Crippen molar-refractivity contribution in [2.24, 2.45) is 7.05 Å². The molecule has 0 amide bonds.